The van der Waals surface area contributed by atoms with Crippen LogP contribution in [0.4, 0.5) is 0 Å². The molecule has 134 valence electrons. The number of nitrogens with one attached hydrogen (secondary N) is 1. The molecule has 0 radical (unpaired) electrons. The molecule has 1 aromatic heterocycles. The highest BCUT2D eigenvalue weighted by Gasteiger charge is 2.17. The standard InChI is InChI=1S/C18H24N4O2S/c1-12-6-7-15(9-13(12)2)22-14(3)20-21-18(22)25-11-17(23)19-10-16-5-4-8-24-16/h6-7,9,16H,4-5,8,10-11H2,1-3H3,(H,19,23)/t16-/m1/s1. The smallest absolute Gasteiger partial charge is 0.230 e. The molecule has 1 aliphatic heterocycles. The van der Waals surface area contributed by atoms with E-state index in [2.05, 4.69) is 47.6 Å². The number of hydrogen-bond acceptors (Lipinski definition) is 5. The molecule has 1 atom stereocenters. The molecule has 0 saturated carbocycles. The van der Waals surface area contributed by atoms with E-state index >= 15 is 0 Å². The summed E-state index contributed by atoms with van der Waals surface area (Å²) in [7, 11) is 0. The third kappa shape index (κ3) is 4.41. The molecule has 1 aromatic carbocycles. The minimum atomic E-state index is -0.00668. The van der Waals surface area contributed by atoms with E-state index in [4.69, 9.17) is 4.74 Å². The number of rotatable bonds is 6. The lowest BCUT2D eigenvalue weighted by molar-refractivity contribution is -0.119. The molecule has 0 aliphatic carbocycles. The first-order valence-corrected chi connectivity index (χ1v) is 9.54. The zero-order chi connectivity index (χ0) is 17.8. The lowest BCUT2D eigenvalue weighted by atomic mass is 10.1. The molecule has 1 fully saturated rings. The number of nitrogens with zero attached hydrogens (tertiary/aromatic N) is 3. The van der Waals surface area contributed by atoms with Crippen molar-refractivity contribution in [2.24, 2.45) is 0 Å². The monoisotopic (exact) mass is 360 g/mol. The fraction of sp³-hybridized carbons (Fsp3) is 0.500. The van der Waals surface area contributed by atoms with Gasteiger partial charge in [0, 0.05) is 18.8 Å². The van der Waals surface area contributed by atoms with Crippen molar-refractivity contribution in [2.75, 3.05) is 18.9 Å². The van der Waals surface area contributed by atoms with Gasteiger partial charge in [0.15, 0.2) is 5.16 Å². The first-order valence-electron chi connectivity index (χ1n) is 8.55. The summed E-state index contributed by atoms with van der Waals surface area (Å²) in [6.45, 7) is 7.48. The van der Waals surface area contributed by atoms with Crippen LogP contribution in [0.15, 0.2) is 23.4 Å². The van der Waals surface area contributed by atoms with Gasteiger partial charge in [-0.1, -0.05) is 17.8 Å². The Morgan fingerprint density at radius 3 is 2.88 bits per heavy atom. The fourth-order valence-corrected chi connectivity index (χ4v) is 3.64. The van der Waals surface area contributed by atoms with Gasteiger partial charge < -0.3 is 10.1 Å². The molecule has 25 heavy (non-hydrogen) atoms. The maximum Gasteiger partial charge on any atom is 0.230 e. The molecule has 6 nitrogen and oxygen atoms in total. The van der Waals surface area contributed by atoms with Crippen molar-refractivity contribution in [3.05, 3.63) is 35.2 Å². The number of hydrogen-bond donors (Lipinski definition) is 1. The van der Waals surface area contributed by atoms with Crippen LogP contribution in [0.25, 0.3) is 5.69 Å². The van der Waals surface area contributed by atoms with E-state index < -0.39 is 0 Å². The van der Waals surface area contributed by atoms with E-state index in [1.807, 2.05) is 11.5 Å². The Labute approximate surface area is 152 Å². The molecule has 1 aliphatic rings. The molecule has 2 heterocycles. The summed E-state index contributed by atoms with van der Waals surface area (Å²) in [6, 6.07) is 6.26. The van der Waals surface area contributed by atoms with Gasteiger partial charge in [0.25, 0.3) is 0 Å². The zero-order valence-electron chi connectivity index (χ0n) is 14.9. The first kappa shape index (κ1) is 17.9. The van der Waals surface area contributed by atoms with E-state index in [1.54, 1.807) is 0 Å². The Balaban J connectivity index is 1.63. The van der Waals surface area contributed by atoms with Gasteiger partial charge in [0.05, 0.1) is 11.9 Å². The third-order valence-corrected chi connectivity index (χ3v) is 5.36. The summed E-state index contributed by atoms with van der Waals surface area (Å²) in [4.78, 5) is 12.1. The number of aryl methyl sites for hydroxylation is 3. The van der Waals surface area contributed by atoms with Crippen LogP contribution in [0.5, 0.6) is 0 Å². The minimum absolute atomic E-state index is 0.00668. The molecule has 2 aromatic rings. The van der Waals surface area contributed by atoms with Gasteiger partial charge in [-0.15, -0.1) is 10.2 Å². The molecular formula is C18H24N4O2S. The van der Waals surface area contributed by atoms with E-state index in [9.17, 15) is 4.79 Å². The second kappa shape index (κ2) is 8.01. The van der Waals surface area contributed by atoms with Crippen molar-refractivity contribution in [3.63, 3.8) is 0 Å². The summed E-state index contributed by atoms with van der Waals surface area (Å²) < 4.78 is 7.51. The van der Waals surface area contributed by atoms with Crippen molar-refractivity contribution < 1.29 is 9.53 Å². The molecule has 1 amide bonds. The van der Waals surface area contributed by atoms with Crippen LogP contribution in [0.2, 0.25) is 0 Å². The largest absolute Gasteiger partial charge is 0.376 e. The van der Waals surface area contributed by atoms with Gasteiger partial charge in [-0.25, -0.2) is 0 Å². The van der Waals surface area contributed by atoms with E-state index in [0.29, 0.717) is 12.3 Å². The van der Waals surface area contributed by atoms with Gasteiger partial charge in [-0.05, 0) is 56.9 Å². The van der Waals surface area contributed by atoms with Gasteiger partial charge in [0.1, 0.15) is 5.82 Å². The Morgan fingerprint density at radius 2 is 2.16 bits per heavy atom. The van der Waals surface area contributed by atoms with Crippen molar-refractivity contribution >= 4 is 17.7 Å². The van der Waals surface area contributed by atoms with Gasteiger partial charge in [-0.3, -0.25) is 9.36 Å². The number of aromatic nitrogens is 3. The third-order valence-electron chi connectivity index (χ3n) is 4.43. The summed E-state index contributed by atoms with van der Waals surface area (Å²) in [5.41, 5.74) is 3.49. The highest BCUT2D eigenvalue weighted by atomic mass is 32.2. The predicted molar refractivity (Wildman–Crippen MR) is 98.3 cm³/mol. The SMILES string of the molecule is Cc1ccc(-n2c(C)nnc2SCC(=O)NC[C@H]2CCCO2)cc1C. The molecular weight excluding hydrogens is 336 g/mol. The van der Waals surface area contributed by atoms with Crippen molar-refractivity contribution in [3.8, 4) is 5.69 Å². The van der Waals surface area contributed by atoms with Gasteiger partial charge in [-0.2, -0.15) is 0 Å². The molecule has 7 heteroatoms. The average molecular weight is 360 g/mol. The summed E-state index contributed by atoms with van der Waals surface area (Å²) in [5, 5.41) is 12.1. The number of thioether (sulfide) groups is 1. The van der Waals surface area contributed by atoms with Crippen LogP contribution >= 0.6 is 11.8 Å². The van der Waals surface area contributed by atoms with Crippen molar-refractivity contribution in [2.45, 2.75) is 44.9 Å². The molecule has 1 saturated heterocycles. The molecule has 0 unspecified atom stereocenters. The summed E-state index contributed by atoms with van der Waals surface area (Å²) in [5.74, 6) is 1.12. The second-order valence-corrected chi connectivity index (χ2v) is 7.30. The van der Waals surface area contributed by atoms with Crippen LogP contribution in [0, 0.1) is 20.8 Å². The molecule has 0 spiro atoms. The molecule has 0 bridgehead atoms. The fourth-order valence-electron chi connectivity index (χ4n) is 2.81. The lowest BCUT2D eigenvalue weighted by Gasteiger charge is -2.12. The highest BCUT2D eigenvalue weighted by molar-refractivity contribution is 7.99. The molecule has 3 rings (SSSR count). The maximum atomic E-state index is 12.1. The Bertz CT molecular complexity index is 754. The van der Waals surface area contributed by atoms with Gasteiger partial charge in [0.2, 0.25) is 5.91 Å². The van der Waals surface area contributed by atoms with E-state index in [0.717, 1.165) is 36.1 Å². The molecule has 1 N–H and O–H groups in total. The van der Waals surface area contributed by atoms with Crippen LogP contribution in [-0.2, 0) is 9.53 Å². The summed E-state index contributed by atoms with van der Waals surface area (Å²) >= 11 is 1.40. The lowest BCUT2D eigenvalue weighted by Crippen LogP contribution is -2.32. The predicted octanol–water partition coefficient (Wildman–Crippen LogP) is 2.58. The Kier molecular flexibility index (Phi) is 5.75. The zero-order valence-corrected chi connectivity index (χ0v) is 15.7. The Hall–Kier alpha value is -1.86. The maximum absolute atomic E-state index is 12.1. The Morgan fingerprint density at radius 1 is 1.32 bits per heavy atom. The van der Waals surface area contributed by atoms with Crippen LogP contribution in [0.1, 0.15) is 29.8 Å². The van der Waals surface area contributed by atoms with Crippen LogP contribution in [-0.4, -0.2) is 45.7 Å². The number of carbonyl (C=O) groups excluding carboxylic acids is 1. The number of amides is 1. The quantitative estimate of drug-likeness (QED) is 0.802. The van der Waals surface area contributed by atoms with Crippen molar-refractivity contribution in [1.82, 2.24) is 20.1 Å². The van der Waals surface area contributed by atoms with E-state index in [-0.39, 0.29) is 12.0 Å². The van der Waals surface area contributed by atoms with Crippen molar-refractivity contribution in [1.29, 1.82) is 0 Å². The highest BCUT2D eigenvalue weighted by Crippen LogP contribution is 2.23. The number of benzene rings is 1. The number of carbonyl (C=O) groups is 1. The van der Waals surface area contributed by atoms with Crippen LogP contribution in [0.3, 0.4) is 0 Å². The number of ether oxygens (including phenoxy) is 1. The topological polar surface area (TPSA) is 69.0 Å². The normalized spacial score (nSPS) is 17.0. The van der Waals surface area contributed by atoms with Crippen LogP contribution < -0.4 is 5.32 Å². The minimum Gasteiger partial charge on any atom is -0.376 e. The van der Waals surface area contributed by atoms with Gasteiger partial charge >= 0.3 is 0 Å². The second-order valence-electron chi connectivity index (χ2n) is 6.36. The first-order chi connectivity index (χ1) is 12.0. The summed E-state index contributed by atoms with van der Waals surface area (Å²) in [6.07, 6.45) is 2.26. The average Bonchev–Trinajstić information content (AvgIpc) is 3.23. The van der Waals surface area contributed by atoms with E-state index in [1.165, 1.54) is 22.9 Å².